The number of hydrogen-bond acceptors (Lipinski definition) is 7. The highest BCUT2D eigenvalue weighted by Crippen LogP contribution is 2.44. The smallest absolute Gasteiger partial charge is 0.409 e. The van der Waals surface area contributed by atoms with Gasteiger partial charge in [-0.1, -0.05) is 42.8 Å². The summed E-state index contributed by atoms with van der Waals surface area (Å²) < 4.78 is 52.7. The number of rotatable bonds is 15. The fraction of sp³-hybridized carbons (Fsp3) is 0.472. The van der Waals surface area contributed by atoms with Crippen molar-refractivity contribution >= 4 is 11.9 Å². The number of aromatic nitrogens is 1. The Kier molecular flexibility index (Phi) is 12.7. The van der Waals surface area contributed by atoms with Gasteiger partial charge in [0.05, 0.1) is 27.9 Å². The molecule has 0 radical (unpaired) electrons. The third-order valence-electron chi connectivity index (χ3n) is 8.63. The lowest BCUT2D eigenvalue weighted by Gasteiger charge is -2.24. The average Bonchev–Trinajstić information content (AvgIpc) is 3.34. The molecule has 1 fully saturated rings. The molecule has 46 heavy (non-hydrogen) atoms. The fourth-order valence-corrected chi connectivity index (χ4v) is 5.97. The van der Waals surface area contributed by atoms with Crippen molar-refractivity contribution in [3.05, 3.63) is 83.7 Å². The van der Waals surface area contributed by atoms with Gasteiger partial charge >= 0.3 is 12.0 Å². The highest BCUT2D eigenvalue weighted by molar-refractivity contribution is 5.89. The normalized spacial score (nSPS) is 16.6. The van der Waals surface area contributed by atoms with E-state index in [-0.39, 0.29) is 35.9 Å². The Morgan fingerprint density at radius 2 is 1.59 bits per heavy atom. The van der Waals surface area contributed by atoms with Gasteiger partial charge < -0.3 is 23.8 Å². The largest absolute Gasteiger partial charge is 0.493 e. The van der Waals surface area contributed by atoms with Crippen LogP contribution in [-0.4, -0.2) is 62.8 Å². The van der Waals surface area contributed by atoms with Gasteiger partial charge in [-0.2, -0.15) is 8.78 Å². The Hall–Kier alpha value is -4.21. The SMILES string of the molecule is COc1cc(C(F)(F)C(=O)C2CCC[C@@H](COC(=O)N(CCCc3cccnc3)CCc3ccccc3)CC2)cc(OC)c1OC. The minimum absolute atomic E-state index is 0.0112. The molecule has 248 valence electrons. The van der Waals surface area contributed by atoms with Gasteiger partial charge in [0.1, 0.15) is 0 Å². The van der Waals surface area contributed by atoms with E-state index in [4.69, 9.17) is 18.9 Å². The molecular weight excluding hydrogens is 594 g/mol. The van der Waals surface area contributed by atoms with Crippen molar-refractivity contribution in [1.29, 1.82) is 0 Å². The molecule has 1 aliphatic rings. The summed E-state index contributed by atoms with van der Waals surface area (Å²) in [5.41, 5.74) is 1.74. The molecule has 3 aromatic rings. The van der Waals surface area contributed by atoms with E-state index in [1.165, 1.54) is 21.3 Å². The van der Waals surface area contributed by atoms with Gasteiger partial charge in [-0.3, -0.25) is 9.78 Å². The fourth-order valence-electron chi connectivity index (χ4n) is 5.97. The van der Waals surface area contributed by atoms with Crippen molar-refractivity contribution in [3.63, 3.8) is 0 Å². The van der Waals surface area contributed by atoms with E-state index >= 15 is 8.78 Å². The summed E-state index contributed by atoms with van der Waals surface area (Å²) in [4.78, 5) is 32.4. The molecule has 1 unspecified atom stereocenters. The van der Waals surface area contributed by atoms with Gasteiger partial charge in [0.2, 0.25) is 11.5 Å². The number of ketones is 1. The molecule has 0 aliphatic heterocycles. The number of carbonyl (C=O) groups is 2. The van der Waals surface area contributed by atoms with Crippen LogP contribution in [0.25, 0.3) is 0 Å². The first kappa shape index (κ1) is 34.7. The summed E-state index contributed by atoms with van der Waals surface area (Å²) in [6.07, 6.45) is 7.89. The number of Topliss-reactive ketones (excluding diaryl/α,β-unsaturated/α-hetero) is 1. The molecule has 0 N–H and O–H groups in total. The number of aryl methyl sites for hydroxylation is 1. The molecule has 0 saturated heterocycles. The maximum Gasteiger partial charge on any atom is 0.409 e. The zero-order valence-electron chi connectivity index (χ0n) is 26.9. The van der Waals surface area contributed by atoms with Crippen LogP contribution >= 0.6 is 0 Å². The topological polar surface area (TPSA) is 87.2 Å². The van der Waals surface area contributed by atoms with Crippen LogP contribution in [0, 0.1) is 11.8 Å². The molecular formula is C36H44F2N2O6. The second-order valence-electron chi connectivity index (χ2n) is 11.7. The van der Waals surface area contributed by atoms with Gasteiger partial charge in [-0.15, -0.1) is 0 Å². The number of alkyl halides is 2. The summed E-state index contributed by atoms with van der Waals surface area (Å²) >= 11 is 0. The van der Waals surface area contributed by atoms with Crippen LogP contribution in [0.4, 0.5) is 13.6 Å². The van der Waals surface area contributed by atoms with E-state index < -0.39 is 23.2 Å². The predicted octanol–water partition coefficient (Wildman–Crippen LogP) is 7.28. The Morgan fingerprint density at radius 1 is 0.870 bits per heavy atom. The summed E-state index contributed by atoms with van der Waals surface area (Å²) in [6.45, 7) is 1.25. The molecule has 1 saturated carbocycles. The molecule has 4 rings (SSSR count). The van der Waals surface area contributed by atoms with E-state index in [0.29, 0.717) is 51.6 Å². The van der Waals surface area contributed by atoms with Gasteiger partial charge in [0.15, 0.2) is 11.5 Å². The summed E-state index contributed by atoms with van der Waals surface area (Å²) in [5.74, 6) is -5.40. The van der Waals surface area contributed by atoms with Crippen LogP contribution in [0.5, 0.6) is 17.2 Å². The Labute approximate surface area is 270 Å². The summed E-state index contributed by atoms with van der Waals surface area (Å²) in [7, 11) is 4.06. The molecule has 0 bridgehead atoms. The molecule has 8 nitrogen and oxygen atoms in total. The van der Waals surface area contributed by atoms with Crippen molar-refractivity contribution in [2.24, 2.45) is 11.8 Å². The van der Waals surface area contributed by atoms with E-state index in [9.17, 15) is 9.59 Å². The number of ether oxygens (including phenoxy) is 4. The Balaban J connectivity index is 1.34. The lowest BCUT2D eigenvalue weighted by atomic mass is 9.88. The number of methoxy groups -OCH3 is 3. The molecule has 1 aliphatic carbocycles. The first-order valence-electron chi connectivity index (χ1n) is 15.8. The van der Waals surface area contributed by atoms with Crippen LogP contribution in [0.15, 0.2) is 67.0 Å². The lowest BCUT2D eigenvalue weighted by Crippen LogP contribution is -2.35. The molecule has 1 heterocycles. The number of benzene rings is 2. The zero-order valence-corrected chi connectivity index (χ0v) is 26.9. The highest BCUT2D eigenvalue weighted by Gasteiger charge is 2.45. The maximum absolute atomic E-state index is 15.6. The second-order valence-corrected chi connectivity index (χ2v) is 11.7. The Bertz CT molecular complexity index is 1380. The van der Waals surface area contributed by atoms with Crippen molar-refractivity contribution in [3.8, 4) is 17.2 Å². The second kappa shape index (κ2) is 16.9. The number of nitrogens with zero attached hydrogens (tertiary/aromatic N) is 2. The number of halogens is 2. The van der Waals surface area contributed by atoms with Crippen molar-refractivity contribution < 1.29 is 37.3 Å². The number of amides is 1. The first-order chi connectivity index (χ1) is 22.3. The quantitative estimate of drug-likeness (QED) is 0.162. The van der Waals surface area contributed by atoms with Gasteiger partial charge in [0.25, 0.3) is 0 Å². The Morgan fingerprint density at radius 3 is 2.24 bits per heavy atom. The highest BCUT2D eigenvalue weighted by atomic mass is 19.3. The van der Waals surface area contributed by atoms with E-state index in [2.05, 4.69) is 4.98 Å². The van der Waals surface area contributed by atoms with Gasteiger partial charge in [0, 0.05) is 37.0 Å². The molecule has 0 spiro atoms. The van der Waals surface area contributed by atoms with Crippen LogP contribution in [0.2, 0.25) is 0 Å². The van der Waals surface area contributed by atoms with Crippen LogP contribution in [0.3, 0.4) is 0 Å². The first-order valence-corrected chi connectivity index (χ1v) is 15.8. The molecule has 1 amide bonds. The molecule has 2 aromatic carbocycles. The van der Waals surface area contributed by atoms with Gasteiger partial charge in [-0.25, -0.2) is 4.79 Å². The lowest BCUT2D eigenvalue weighted by molar-refractivity contribution is -0.149. The predicted molar refractivity (Wildman–Crippen MR) is 171 cm³/mol. The van der Waals surface area contributed by atoms with Crippen molar-refractivity contribution in [2.75, 3.05) is 41.0 Å². The van der Waals surface area contributed by atoms with Gasteiger partial charge in [-0.05, 0) is 80.2 Å². The number of pyridine rings is 1. The molecule has 2 atom stereocenters. The van der Waals surface area contributed by atoms with Crippen LogP contribution in [0.1, 0.15) is 55.2 Å². The minimum Gasteiger partial charge on any atom is -0.493 e. The van der Waals surface area contributed by atoms with Crippen LogP contribution in [-0.2, 0) is 28.3 Å². The maximum atomic E-state index is 15.6. The number of carbonyl (C=O) groups excluding carboxylic acids is 2. The number of hydrogen-bond donors (Lipinski definition) is 0. The van der Waals surface area contributed by atoms with Crippen molar-refractivity contribution in [1.82, 2.24) is 9.88 Å². The average molecular weight is 639 g/mol. The molecule has 10 heteroatoms. The van der Waals surface area contributed by atoms with E-state index in [1.807, 2.05) is 48.7 Å². The van der Waals surface area contributed by atoms with E-state index in [0.717, 1.165) is 36.1 Å². The monoisotopic (exact) mass is 638 g/mol. The molecule has 1 aromatic heterocycles. The summed E-state index contributed by atoms with van der Waals surface area (Å²) in [5, 5.41) is 0. The van der Waals surface area contributed by atoms with E-state index in [1.54, 1.807) is 11.1 Å². The summed E-state index contributed by atoms with van der Waals surface area (Å²) in [6, 6.07) is 16.2. The third-order valence-corrected chi connectivity index (χ3v) is 8.63. The minimum atomic E-state index is -3.74. The standard InChI is InChI=1S/C36H44F2N2O6/c1-43-31-22-30(23-32(44-2)33(31)45-3)36(37,38)34(41)29-15-7-12-28(16-17-29)25-46-35(42)40(21-18-26-10-5-4-6-11-26)20-9-14-27-13-8-19-39-24-27/h4-6,8,10-11,13,19,22-24,28-29H,7,9,12,14-18,20-21,25H2,1-3H3/t28-,29?/m1/s1. The van der Waals surface area contributed by atoms with Crippen LogP contribution < -0.4 is 14.2 Å². The zero-order chi connectivity index (χ0) is 32.9. The van der Waals surface area contributed by atoms with Crippen molar-refractivity contribution in [2.45, 2.75) is 57.3 Å². The third kappa shape index (κ3) is 9.17.